The number of nitrogens with one attached hydrogen (secondary N) is 1. The van der Waals surface area contributed by atoms with Crippen LogP contribution in [0.25, 0.3) is 5.57 Å². The molecule has 0 saturated carbocycles. The molecule has 26 heavy (non-hydrogen) atoms. The molecule has 0 aliphatic heterocycles. The monoisotopic (exact) mass is 392 g/mol. The molecule has 9 heteroatoms. The average Bonchev–Trinajstić information content (AvgIpc) is 2.51. The van der Waals surface area contributed by atoms with Gasteiger partial charge >= 0.3 is 12.1 Å². The molecule has 0 aliphatic rings. The molecule has 0 bridgehead atoms. The molecule has 0 fully saturated rings. The molecular weight excluding hydrogens is 369 g/mol. The number of rotatable bonds is 9. The molecular formula is C17H23F3N2O3S. The van der Waals surface area contributed by atoms with Crippen LogP contribution in [0.5, 0.6) is 0 Å². The van der Waals surface area contributed by atoms with E-state index < -0.39 is 46.0 Å². The van der Waals surface area contributed by atoms with Crippen LogP contribution in [0.1, 0.15) is 36.8 Å². The lowest BCUT2D eigenvalue weighted by Crippen LogP contribution is -2.32. The quantitative estimate of drug-likeness (QED) is 0.597. The van der Waals surface area contributed by atoms with Gasteiger partial charge in [-0.3, -0.25) is 9.57 Å². The Morgan fingerprint density at radius 2 is 1.77 bits per heavy atom. The Kier molecular flexibility index (Phi) is 7.40. The van der Waals surface area contributed by atoms with E-state index in [1.165, 1.54) is 12.1 Å². The smallest absolute Gasteiger partial charge is 0.395 e. The molecule has 1 rings (SSSR count). The standard InChI is InChI=1S/C17H23F3N2O3S/c1-11(2)12-3-5-13(6-4-12)14(17(18,19)20)7-9-26(22,25)10-8-15(21)16(23)24/h3-6,14-15,22H,1,7-10,21H2,2H3,(H,23,24)/t14?,15-,26?/m0/s1. The minimum atomic E-state index is -4.54. The van der Waals surface area contributed by atoms with Crippen LogP contribution in [0.4, 0.5) is 13.2 Å². The van der Waals surface area contributed by atoms with Crippen molar-refractivity contribution < 1.29 is 27.3 Å². The van der Waals surface area contributed by atoms with E-state index in [1.54, 1.807) is 19.1 Å². The van der Waals surface area contributed by atoms with Crippen LogP contribution in [-0.4, -0.2) is 39.0 Å². The Balaban J connectivity index is 2.86. The van der Waals surface area contributed by atoms with E-state index in [1.807, 2.05) is 0 Å². The van der Waals surface area contributed by atoms with Crippen LogP contribution in [0, 0.1) is 4.78 Å². The van der Waals surface area contributed by atoms with Crippen molar-refractivity contribution in [3.8, 4) is 0 Å². The first-order valence-corrected chi connectivity index (χ1v) is 9.78. The van der Waals surface area contributed by atoms with Gasteiger partial charge in [-0.1, -0.05) is 36.4 Å². The second-order valence-electron chi connectivity index (χ2n) is 6.24. The highest BCUT2D eigenvalue weighted by Gasteiger charge is 2.40. The maximum Gasteiger partial charge on any atom is 0.395 e. The van der Waals surface area contributed by atoms with Gasteiger partial charge in [-0.2, -0.15) is 13.2 Å². The molecule has 2 unspecified atom stereocenters. The fourth-order valence-electron chi connectivity index (χ4n) is 2.37. The van der Waals surface area contributed by atoms with Crippen molar-refractivity contribution in [1.29, 1.82) is 4.78 Å². The minimum Gasteiger partial charge on any atom is -0.480 e. The number of benzene rings is 1. The SMILES string of the molecule is C=C(C)c1ccc(C(CCS(=N)(=O)CC[C@H](N)C(=O)O)C(F)(F)F)cc1. The Labute approximate surface area is 151 Å². The second-order valence-corrected chi connectivity index (χ2v) is 8.68. The number of alkyl halides is 3. The summed E-state index contributed by atoms with van der Waals surface area (Å²) in [5.41, 5.74) is 6.76. The second kappa shape index (κ2) is 8.68. The number of allylic oxidation sites excluding steroid dienone is 1. The highest BCUT2D eigenvalue weighted by atomic mass is 32.2. The lowest BCUT2D eigenvalue weighted by molar-refractivity contribution is -0.150. The summed E-state index contributed by atoms with van der Waals surface area (Å²) < 4.78 is 60.0. The third-order valence-electron chi connectivity index (χ3n) is 4.01. The summed E-state index contributed by atoms with van der Waals surface area (Å²) >= 11 is 0. The summed E-state index contributed by atoms with van der Waals surface area (Å²) in [6.45, 7) is 5.47. The van der Waals surface area contributed by atoms with Crippen LogP contribution in [0.3, 0.4) is 0 Å². The van der Waals surface area contributed by atoms with Gasteiger partial charge in [0.25, 0.3) is 0 Å². The number of carboxylic acid groups (broad SMARTS) is 1. The normalized spacial score (nSPS) is 16.5. The molecule has 0 amide bonds. The predicted molar refractivity (Wildman–Crippen MR) is 95.4 cm³/mol. The largest absolute Gasteiger partial charge is 0.480 e. The lowest BCUT2D eigenvalue weighted by atomic mass is 9.94. The minimum absolute atomic E-state index is 0.0277. The fraction of sp³-hybridized carbons (Fsp3) is 0.471. The van der Waals surface area contributed by atoms with Crippen LogP contribution in [0.2, 0.25) is 0 Å². The third kappa shape index (κ3) is 6.80. The maximum absolute atomic E-state index is 13.4. The highest BCUT2D eigenvalue weighted by Crippen LogP contribution is 2.38. The van der Waals surface area contributed by atoms with Gasteiger partial charge in [0, 0.05) is 21.2 Å². The molecule has 1 aromatic carbocycles. The molecule has 0 aliphatic carbocycles. The number of hydrogen-bond donors (Lipinski definition) is 3. The van der Waals surface area contributed by atoms with Gasteiger partial charge in [-0.05, 0) is 30.9 Å². The van der Waals surface area contributed by atoms with Crippen LogP contribution in [-0.2, 0) is 14.5 Å². The molecule has 0 spiro atoms. The van der Waals surface area contributed by atoms with Gasteiger partial charge in [-0.15, -0.1) is 0 Å². The average molecular weight is 392 g/mol. The molecule has 146 valence electrons. The number of aliphatic carboxylic acids is 1. The zero-order valence-corrected chi connectivity index (χ0v) is 15.2. The van der Waals surface area contributed by atoms with Gasteiger partial charge in [0.2, 0.25) is 0 Å². The first-order chi connectivity index (χ1) is 11.8. The van der Waals surface area contributed by atoms with Gasteiger partial charge < -0.3 is 10.8 Å². The fourth-order valence-corrected chi connectivity index (χ4v) is 3.83. The maximum atomic E-state index is 13.4. The molecule has 5 nitrogen and oxygen atoms in total. The molecule has 0 aromatic heterocycles. The van der Waals surface area contributed by atoms with Gasteiger partial charge in [0.05, 0.1) is 5.92 Å². The number of halogens is 3. The molecule has 1 aromatic rings. The first-order valence-electron chi connectivity index (χ1n) is 7.88. The number of carboxylic acids is 1. The molecule has 0 heterocycles. The zero-order valence-electron chi connectivity index (χ0n) is 14.4. The number of hydrogen-bond acceptors (Lipinski definition) is 4. The summed E-state index contributed by atoms with van der Waals surface area (Å²) in [6.07, 6.45) is -5.28. The van der Waals surface area contributed by atoms with Gasteiger partial charge in [0.15, 0.2) is 0 Å². The summed E-state index contributed by atoms with van der Waals surface area (Å²) in [6, 6.07) is 4.51. The van der Waals surface area contributed by atoms with Gasteiger partial charge in [-0.25, -0.2) is 4.21 Å². The van der Waals surface area contributed by atoms with Crippen molar-refractivity contribution >= 4 is 21.3 Å². The van der Waals surface area contributed by atoms with Crippen molar-refractivity contribution in [2.24, 2.45) is 5.73 Å². The highest BCUT2D eigenvalue weighted by molar-refractivity contribution is 7.92. The van der Waals surface area contributed by atoms with Crippen molar-refractivity contribution in [2.75, 3.05) is 11.5 Å². The summed E-state index contributed by atoms with van der Waals surface area (Å²) in [5, 5.41) is 8.68. The molecule has 0 saturated heterocycles. The van der Waals surface area contributed by atoms with E-state index in [2.05, 4.69) is 6.58 Å². The Morgan fingerprint density at radius 3 is 2.19 bits per heavy atom. The third-order valence-corrected chi connectivity index (χ3v) is 5.80. The Bertz CT molecular complexity index is 744. The predicted octanol–water partition coefficient (Wildman–Crippen LogP) is 3.60. The molecule has 4 N–H and O–H groups in total. The van der Waals surface area contributed by atoms with Crippen molar-refractivity contribution in [1.82, 2.24) is 0 Å². The van der Waals surface area contributed by atoms with E-state index in [0.29, 0.717) is 0 Å². The van der Waals surface area contributed by atoms with E-state index in [4.69, 9.17) is 15.6 Å². The Hall–Kier alpha value is -1.87. The summed E-state index contributed by atoms with van der Waals surface area (Å²) in [7, 11) is -3.35. The molecule has 0 radical (unpaired) electrons. The van der Waals surface area contributed by atoms with E-state index in [9.17, 15) is 22.2 Å². The van der Waals surface area contributed by atoms with Crippen LogP contribution < -0.4 is 5.73 Å². The Morgan fingerprint density at radius 1 is 1.27 bits per heavy atom. The summed E-state index contributed by atoms with van der Waals surface area (Å²) in [5.74, 6) is -3.97. The molecule has 3 atom stereocenters. The number of carbonyl (C=O) groups is 1. The van der Waals surface area contributed by atoms with E-state index in [-0.39, 0.29) is 17.7 Å². The number of nitrogens with two attached hydrogens (primary N) is 1. The topological polar surface area (TPSA) is 104 Å². The van der Waals surface area contributed by atoms with Crippen LogP contribution >= 0.6 is 0 Å². The van der Waals surface area contributed by atoms with Crippen molar-refractivity contribution in [2.45, 2.75) is 37.9 Å². The van der Waals surface area contributed by atoms with E-state index in [0.717, 1.165) is 11.1 Å². The van der Waals surface area contributed by atoms with E-state index >= 15 is 0 Å². The van der Waals surface area contributed by atoms with Crippen molar-refractivity contribution in [3.63, 3.8) is 0 Å². The first kappa shape index (κ1) is 22.2. The van der Waals surface area contributed by atoms with Crippen LogP contribution in [0.15, 0.2) is 30.8 Å². The lowest BCUT2D eigenvalue weighted by Gasteiger charge is -2.22. The zero-order chi connectivity index (χ0) is 20.1. The van der Waals surface area contributed by atoms with Gasteiger partial charge in [0.1, 0.15) is 6.04 Å². The summed E-state index contributed by atoms with van der Waals surface area (Å²) in [4.78, 5) is 10.6. The van der Waals surface area contributed by atoms with Crippen molar-refractivity contribution in [3.05, 3.63) is 42.0 Å².